The molecule has 144 valence electrons. The number of nitrogens with one attached hydrogen (secondary N) is 1. The molecule has 0 radical (unpaired) electrons. The summed E-state index contributed by atoms with van der Waals surface area (Å²) in [6, 6.07) is 6.86. The molecule has 0 unspecified atom stereocenters. The number of hydrogen-bond acceptors (Lipinski definition) is 7. The number of hydrogen-bond donors (Lipinski definition) is 2. The van der Waals surface area contributed by atoms with Gasteiger partial charge >= 0.3 is 18.9 Å². The van der Waals surface area contributed by atoms with E-state index < -0.39 is 17.7 Å². The summed E-state index contributed by atoms with van der Waals surface area (Å²) in [6.07, 6.45) is 2.56. The molecule has 0 aliphatic heterocycles. The van der Waals surface area contributed by atoms with Crippen LogP contribution in [0.25, 0.3) is 11.1 Å². The van der Waals surface area contributed by atoms with Crippen LogP contribution in [0, 0.1) is 5.82 Å². The first-order valence-corrected chi connectivity index (χ1v) is 8.45. The Morgan fingerprint density at radius 2 is 1.93 bits per heavy atom. The predicted octanol–water partition coefficient (Wildman–Crippen LogP) is -0.181. The van der Waals surface area contributed by atoms with Gasteiger partial charge in [-0.1, -0.05) is 11.6 Å². The van der Waals surface area contributed by atoms with Crippen molar-refractivity contribution in [2.75, 3.05) is 24.3 Å². The molecule has 0 spiro atoms. The largest absolute Gasteiger partial charge is 1.00 e. The van der Waals surface area contributed by atoms with Crippen LogP contribution in [-0.2, 0) is 0 Å². The number of anilines is 3. The van der Waals surface area contributed by atoms with Gasteiger partial charge in [0, 0.05) is 48.2 Å². The van der Waals surface area contributed by atoms with E-state index in [4.69, 9.17) is 11.6 Å². The van der Waals surface area contributed by atoms with E-state index in [-0.39, 0.29) is 46.3 Å². The number of carbonyl (C=O) groups excluding carboxylic acids is 1. The summed E-state index contributed by atoms with van der Waals surface area (Å²) >= 11 is 5.95. The average molecular weight is 409 g/mol. The molecule has 0 amide bonds. The number of benzene rings is 1. The zero-order valence-electron chi connectivity index (χ0n) is 15.9. The molecule has 0 aliphatic carbocycles. The molecule has 0 aliphatic rings. The number of rotatable bonds is 5. The van der Waals surface area contributed by atoms with Crippen LogP contribution < -0.4 is 34.2 Å². The Labute approximate surface area is 183 Å². The van der Waals surface area contributed by atoms with Crippen molar-refractivity contribution in [3.63, 3.8) is 0 Å². The molecule has 0 saturated heterocycles. The molecule has 0 saturated carbocycles. The van der Waals surface area contributed by atoms with Crippen LogP contribution in [0.15, 0.2) is 42.7 Å². The van der Waals surface area contributed by atoms with E-state index in [0.717, 1.165) is 6.20 Å². The quantitative estimate of drug-likeness (QED) is 0.565. The maximum Gasteiger partial charge on any atom is 1.00 e. The first-order valence-electron chi connectivity index (χ1n) is 8.07. The predicted molar refractivity (Wildman–Crippen MR) is 102 cm³/mol. The van der Waals surface area contributed by atoms with E-state index in [2.05, 4.69) is 15.3 Å². The zero-order valence-corrected chi connectivity index (χ0v) is 16.7. The van der Waals surface area contributed by atoms with Crippen LogP contribution in [0.2, 0.25) is 5.02 Å². The molecule has 3 aromatic rings. The molecule has 2 heterocycles. The minimum Gasteiger partial charge on any atom is -0.545 e. The van der Waals surface area contributed by atoms with E-state index in [1.165, 1.54) is 36.5 Å². The topological polar surface area (TPSA) is 101 Å². The second-order valence-electron chi connectivity index (χ2n) is 6.08. The van der Waals surface area contributed by atoms with Crippen molar-refractivity contribution in [1.82, 2.24) is 9.97 Å². The van der Waals surface area contributed by atoms with E-state index in [0.29, 0.717) is 11.5 Å². The van der Waals surface area contributed by atoms with Crippen LogP contribution in [0.3, 0.4) is 0 Å². The summed E-state index contributed by atoms with van der Waals surface area (Å²) in [5, 5.41) is 24.9. The Hall–Kier alpha value is -2.79. The van der Waals surface area contributed by atoms with Gasteiger partial charge in [-0.25, -0.2) is 4.39 Å². The second kappa shape index (κ2) is 9.14. The fourth-order valence-electron chi connectivity index (χ4n) is 2.64. The van der Waals surface area contributed by atoms with Crippen LogP contribution in [0.1, 0.15) is 10.4 Å². The molecule has 29 heavy (non-hydrogen) atoms. The minimum absolute atomic E-state index is 0. The molecule has 0 bridgehead atoms. The first-order chi connectivity index (χ1) is 13.3. The van der Waals surface area contributed by atoms with Gasteiger partial charge in [0.25, 0.3) is 0 Å². The molecule has 2 N–H and O–H groups in total. The number of pyridine rings is 2. The fraction of sp³-hybridized carbons (Fsp3) is 0.105. The summed E-state index contributed by atoms with van der Waals surface area (Å²) in [6.45, 7) is 0. The molecular weight excluding hydrogens is 394 g/mol. The second-order valence-corrected chi connectivity index (χ2v) is 6.52. The molecular formula is C19H15ClFLiN4O3. The Kier molecular flexibility index (Phi) is 7.09. The molecule has 0 fully saturated rings. The van der Waals surface area contributed by atoms with Crippen molar-refractivity contribution in [3.8, 4) is 17.0 Å². The zero-order chi connectivity index (χ0) is 20.4. The van der Waals surface area contributed by atoms with Crippen LogP contribution in [0.5, 0.6) is 5.88 Å². The van der Waals surface area contributed by atoms with Gasteiger partial charge < -0.3 is 25.2 Å². The minimum atomic E-state index is -1.41. The third-order valence-electron chi connectivity index (χ3n) is 3.93. The number of carboxylic acid groups (broad SMARTS) is 1. The number of aromatic hydroxyl groups is 1. The molecule has 7 nitrogen and oxygen atoms in total. The van der Waals surface area contributed by atoms with Gasteiger partial charge in [-0.05, 0) is 30.3 Å². The van der Waals surface area contributed by atoms with E-state index >= 15 is 0 Å². The first kappa shape index (κ1) is 22.5. The van der Waals surface area contributed by atoms with E-state index in [1.54, 1.807) is 19.0 Å². The van der Waals surface area contributed by atoms with Gasteiger partial charge in [0.2, 0.25) is 5.88 Å². The summed E-state index contributed by atoms with van der Waals surface area (Å²) in [4.78, 5) is 20.8. The maximum absolute atomic E-state index is 14.3. The summed E-state index contributed by atoms with van der Waals surface area (Å²) in [7, 11) is 3.39. The van der Waals surface area contributed by atoms with Gasteiger partial charge in [-0.2, -0.15) is 4.98 Å². The number of halogens is 2. The Morgan fingerprint density at radius 1 is 1.21 bits per heavy atom. The molecule has 0 atom stereocenters. The van der Waals surface area contributed by atoms with Gasteiger partial charge in [0.15, 0.2) is 5.82 Å². The van der Waals surface area contributed by atoms with Crippen molar-refractivity contribution in [2.24, 2.45) is 0 Å². The number of carboxylic acids is 1. The third-order valence-corrected chi connectivity index (χ3v) is 4.17. The van der Waals surface area contributed by atoms with Crippen LogP contribution in [0.4, 0.5) is 21.6 Å². The fourth-order valence-corrected chi connectivity index (χ4v) is 2.81. The summed E-state index contributed by atoms with van der Waals surface area (Å²) < 4.78 is 14.3. The van der Waals surface area contributed by atoms with Gasteiger partial charge in [0.1, 0.15) is 5.82 Å². The molecule has 10 heteroatoms. The van der Waals surface area contributed by atoms with Crippen molar-refractivity contribution in [3.05, 3.63) is 59.1 Å². The number of nitrogens with zero attached hydrogens (tertiary/aromatic N) is 3. The Bertz CT molecular complexity index is 1070. The molecule has 1 aromatic carbocycles. The summed E-state index contributed by atoms with van der Waals surface area (Å²) in [5.74, 6) is -2.09. The van der Waals surface area contributed by atoms with Crippen LogP contribution in [-0.4, -0.2) is 35.1 Å². The number of carbonyl (C=O) groups is 1. The van der Waals surface area contributed by atoms with Gasteiger partial charge in [-0.15, -0.1) is 0 Å². The molecule has 3 rings (SSSR count). The average Bonchev–Trinajstić information content (AvgIpc) is 2.65. The van der Waals surface area contributed by atoms with E-state index in [1.807, 2.05) is 0 Å². The van der Waals surface area contributed by atoms with Crippen LogP contribution >= 0.6 is 11.6 Å². The van der Waals surface area contributed by atoms with Crippen molar-refractivity contribution in [2.45, 2.75) is 0 Å². The number of aromatic carboxylic acids is 1. The van der Waals surface area contributed by atoms with E-state index in [9.17, 15) is 19.4 Å². The standard InChI is InChI=1S/C19H16ClFN4O3.Li/c1-25(2)17-16(23-15-5-6-22-9-13(15)19(27)28)8-12(18(26)24-17)11-7-10(20)3-4-14(11)21;/h3-9H,1-2H3,(H,22,23)(H,24,26)(H,27,28);/q;+1/p-1. The number of aromatic nitrogens is 2. The van der Waals surface area contributed by atoms with Crippen molar-refractivity contribution < 1.29 is 38.3 Å². The SMILES string of the molecule is CN(C)c1nc(O)c(-c2cc(Cl)ccc2F)cc1Nc1ccncc1C(=O)[O-].[Li+]. The normalized spacial score (nSPS) is 10.2. The Morgan fingerprint density at radius 3 is 2.59 bits per heavy atom. The van der Waals surface area contributed by atoms with Gasteiger partial charge in [-0.3, -0.25) is 4.98 Å². The Balaban J connectivity index is 0.00000300. The third kappa shape index (κ3) is 4.80. The maximum atomic E-state index is 14.3. The monoisotopic (exact) mass is 408 g/mol. The van der Waals surface area contributed by atoms with Crippen molar-refractivity contribution >= 4 is 34.8 Å². The molecule has 2 aromatic heterocycles. The smallest absolute Gasteiger partial charge is 0.545 e. The summed E-state index contributed by atoms with van der Waals surface area (Å²) in [5.41, 5.74) is 0.544. The van der Waals surface area contributed by atoms with Gasteiger partial charge in [0.05, 0.1) is 17.3 Å². The van der Waals surface area contributed by atoms with Crippen molar-refractivity contribution in [1.29, 1.82) is 0 Å².